The van der Waals surface area contributed by atoms with Crippen molar-refractivity contribution in [2.24, 2.45) is 17.2 Å². The minimum atomic E-state index is -1.18. The summed E-state index contributed by atoms with van der Waals surface area (Å²) in [5.74, 6) is -1.35. The van der Waals surface area contributed by atoms with E-state index in [0.717, 1.165) is 5.56 Å². The first-order valence-corrected chi connectivity index (χ1v) is 12.3. The molecular formula is C27H34N8O3. The van der Waals surface area contributed by atoms with Gasteiger partial charge in [-0.2, -0.15) is 5.26 Å². The molecule has 1 aromatic heterocycles. The highest BCUT2D eigenvalue weighted by atomic mass is 16.2. The topological polar surface area (TPSA) is 186 Å². The lowest BCUT2D eigenvalue weighted by molar-refractivity contribution is -0.134. The van der Waals surface area contributed by atoms with Gasteiger partial charge in [0.15, 0.2) is 5.78 Å². The van der Waals surface area contributed by atoms with Crippen molar-refractivity contribution in [3.05, 3.63) is 70.3 Å². The molecule has 1 aromatic carbocycles. The van der Waals surface area contributed by atoms with E-state index in [4.69, 9.17) is 23.8 Å². The number of hydrogen-bond acceptors (Lipinski definition) is 8. The summed E-state index contributed by atoms with van der Waals surface area (Å²) in [5.41, 5.74) is 19.1. The molecule has 0 bridgehead atoms. The Morgan fingerprint density at radius 1 is 1.18 bits per heavy atom. The zero-order chi connectivity index (χ0) is 28.1. The maximum atomic E-state index is 13.4. The Balaban J connectivity index is 2.20. The van der Waals surface area contributed by atoms with Crippen LogP contribution in [-0.2, 0) is 27.2 Å². The summed E-state index contributed by atoms with van der Waals surface area (Å²) in [6.45, 7) is 10.1. The fourth-order valence-electron chi connectivity index (χ4n) is 3.90. The normalized spacial score (nSPS) is 12.1. The van der Waals surface area contributed by atoms with Crippen LogP contribution in [0.2, 0.25) is 0 Å². The molecule has 0 saturated carbocycles. The number of hydrogen-bond donors (Lipinski definition) is 4. The third-order valence-corrected chi connectivity index (χ3v) is 6.00. The van der Waals surface area contributed by atoms with Crippen molar-refractivity contribution in [1.82, 2.24) is 15.2 Å². The first kappa shape index (κ1) is 30.1. The van der Waals surface area contributed by atoms with Gasteiger partial charge < -0.3 is 27.4 Å². The molecule has 2 aromatic rings. The maximum absolute atomic E-state index is 13.4. The van der Waals surface area contributed by atoms with Crippen molar-refractivity contribution in [1.29, 1.82) is 5.26 Å². The number of aromatic nitrogens is 1. The highest BCUT2D eigenvalue weighted by molar-refractivity contribution is 5.94. The Kier molecular flexibility index (Phi) is 12.0. The summed E-state index contributed by atoms with van der Waals surface area (Å²) in [5, 5.41) is 11.9. The second-order valence-corrected chi connectivity index (χ2v) is 8.81. The van der Waals surface area contributed by atoms with E-state index in [-0.39, 0.29) is 61.0 Å². The second kappa shape index (κ2) is 15.2. The molecule has 0 aliphatic heterocycles. The largest absolute Gasteiger partial charge is 0.345 e. The van der Waals surface area contributed by atoms with Crippen LogP contribution in [-0.4, -0.2) is 65.7 Å². The number of nitrogens with one attached hydrogen (secondary N) is 1. The fourth-order valence-corrected chi connectivity index (χ4v) is 3.90. The molecule has 2 rings (SSSR count). The molecule has 0 saturated heterocycles. The van der Waals surface area contributed by atoms with Crippen LogP contribution >= 0.6 is 0 Å². The number of benzene rings is 1. The van der Waals surface area contributed by atoms with Crippen LogP contribution < -0.4 is 22.5 Å². The predicted octanol–water partition coefficient (Wildman–Crippen LogP) is 0.505. The van der Waals surface area contributed by atoms with Crippen LogP contribution in [0.5, 0.6) is 0 Å². The standard InChI is InChI=1S/C27H34N8O3/c1-18-20(17-30)14-23(32-2)24(33-18)16-25(36)22(9-8-19-6-4-3-5-7-19)34-27(38)21(31)15-26(37)35(12-10-28)13-11-29/h3-7,14,21-22H,8-13,15-16,28-29,31H2,1H3,(H,34,38)/t21-,22-/m0/s1. The van der Waals surface area contributed by atoms with E-state index in [1.807, 2.05) is 36.4 Å². The van der Waals surface area contributed by atoms with E-state index in [2.05, 4.69) is 15.1 Å². The number of nitriles is 1. The average Bonchev–Trinajstić information content (AvgIpc) is 2.91. The Bertz CT molecular complexity index is 1200. The van der Waals surface area contributed by atoms with Gasteiger partial charge in [-0.3, -0.25) is 19.4 Å². The zero-order valence-corrected chi connectivity index (χ0v) is 21.5. The molecule has 11 heteroatoms. The molecule has 1 heterocycles. The molecule has 0 fully saturated rings. The summed E-state index contributed by atoms with van der Waals surface area (Å²) >= 11 is 0. The molecular weight excluding hydrogens is 484 g/mol. The summed E-state index contributed by atoms with van der Waals surface area (Å²) < 4.78 is 0. The molecule has 0 spiro atoms. The average molecular weight is 519 g/mol. The Morgan fingerprint density at radius 2 is 1.84 bits per heavy atom. The Hall–Kier alpha value is -4.16. The lowest BCUT2D eigenvalue weighted by Gasteiger charge is -2.24. The summed E-state index contributed by atoms with van der Waals surface area (Å²) in [6.07, 6.45) is 0.314. The number of pyridine rings is 1. The van der Waals surface area contributed by atoms with Crippen LogP contribution in [0.4, 0.5) is 5.69 Å². The van der Waals surface area contributed by atoms with Gasteiger partial charge in [-0.25, -0.2) is 4.85 Å². The minimum Gasteiger partial charge on any atom is -0.345 e. The molecule has 0 radical (unpaired) electrons. The molecule has 0 aliphatic rings. The van der Waals surface area contributed by atoms with Crippen LogP contribution in [0, 0.1) is 24.8 Å². The molecule has 200 valence electrons. The smallest absolute Gasteiger partial charge is 0.238 e. The van der Waals surface area contributed by atoms with E-state index in [1.165, 1.54) is 11.0 Å². The molecule has 0 unspecified atom stereocenters. The van der Waals surface area contributed by atoms with E-state index in [9.17, 15) is 19.6 Å². The van der Waals surface area contributed by atoms with E-state index < -0.39 is 18.0 Å². The van der Waals surface area contributed by atoms with E-state index >= 15 is 0 Å². The number of aryl methyl sites for hydroxylation is 2. The third kappa shape index (κ3) is 8.75. The summed E-state index contributed by atoms with van der Waals surface area (Å²) in [4.78, 5) is 48.1. The number of ketones is 1. The van der Waals surface area contributed by atoms with Crippen molar-refractivity contribution in [2.45, 2.75) is 44.7 Å². The van der Waals surface area contributed by atoms with Gasteiger partial charge in [-0.15, -0.1) is 0 Å². The van der Waals surface area contributed by atoms with Crippen molar-refractivity contribution in [3.8, 4) is 6.07 Å². The SMILES string of the molecule is [C-]#[N+]c1cc(C#N)c(C)nc1CC(=O)[C@H](CCc1ccccc1)NC(=O)[C@@H](N)CC(=O)N(CCN)CCN. The number of nitrogens with two attached hydrogens (primary N) is 3. The highest BCUT2D eigenvalue weighted by Gasteiger charge is 2.27. The zero-order valence-electron chi connectivity index (χ0n) is 21.5. The fraction of sp³-hybridized carbons (Fsp3) is 0.407. The highest BCUT2D eigenvalue weighted by Crippen LogP contribution is 2.22. The van der Waals surface area contributed by atoms with Gasteiger partial charge in [0.05, 0.1) is 48.1 Å². The predicted molar refractivity (Wildman–Crippen MR) is 143 cm³/mol. The first-order valence-electron chi connectivity index (χ1n) is 12.3. The molecule has 0 aliphatic carbocycles. The lowest BCUT2D eigenvalue weighted by atomic mass is 9.98. The number of nitrogens with zero attached hydrogens (tertiary/aromatic N) is 4. The number of rotatable bonds is 14. The van der Waals surface area contributed by atoms with Gasteiger partial charge in [0.1, 0.15) is 0 Å². The molecule has 11 nitrogen and oxygen atoms in total. The molecule has 2 atom stereocenters. The maximum Gasteiger partial charge on any atom is 0.238 e. The summed E-state index contributed by atoms with van der Waals surface area (Å²) in [6, 6.07) is 10.8. The van der Waals surface area contributed by atoms with E-state index in [0.29, 0.717) is 25.2 Å². The Morgan fingerprint density at radius 3 is 2.42 bits per heavy atom. The number of carbonyl (C=O) groups excluding carboxylic acids is 3. The number of Topliss-reactive ketones (excluding diaryl/α,β-unsaturated/α-hetero) is 1. The van der Waals surface area contributed by atoms with Gasteiger partial charge >= 0.3 is 0 Å². The second-order valence-electron chi connectivity index (χ2n) is 8.81. The lowest BCUT2D eigenvalue weighted by Crippen LogP contribution is -2.51. The van der Waals surface area contributed by atoms with Crippen molar-refractivity contribution < 1.29 is 14.4 Å². The first-order chi connectivity index (χ1) is 18.2. The van der Waals surface area contributed by atoms with Crippen LogP contribution in [0.25, 0.3) is 4.85 Å². The van der Waals surface area contributed by atoms with Gasteiger partial charge in [0, 0.05) is 32.6 Å². The van der Waals surface area contributed by atoms with Gasteiger partial charge in [-0.05, 0) is 31.4 Å². The van der Waals surface area contributed by atoms with Crippen molar-refractivity contribution in [2.75, 3.05) is 26.2 Å². The number of carbonyl (C=O) groups is 3. The van der Waals surface area contributed by atoms with Crippen molar-refractivity contribution in [3.63, 3.8) is 0 Å². The van der Waals surface area contributed by atoms with Crippen LogP contribution in [0.15, 0.2) is 36.4 Å². The Labute approximate surface area is 222 Å². The van der Waals surface area contributed by atoms with Gasteiger partial charge in [0.25, 0.3) is 0 Å². The van der Waals surface area contributed by atoms with Crippen molar-refractivity contribution >= 4 is 23.3 Å². The molecule has 7 N–H and O–H groups in total. The molecule has 38 heavy (non-hydrogen) atoms. The monoisotopic (exact) mass is 518 g/mol. The van der Waals surface area contributed by atoms with Gasteiger partial charge in [-0.1, -0.05) is 30.3 Å². The van der Waals surface area contributed by atoms with Crippen LogP contribution in [0.1, 0.15) is 35.4 Å². The number of amides is 2. The van der Waals surface area contributed by atoms with Crippen LogP contribution in [0.3, 0.4) is 0 Å². The molecule has 2 amide bonds. The van der Waals surface area contributed by atoms with Gasteiger partial charge in [0.2, 0.25) is 17.5 Å². The quantitative estimate of drug-likeness (QED) is 0.260. The minimum absolute atomic E-state index is 0.107. The summed E-state index contributed by atoms with van der Waals surface area (Å²) in [7, 11) is 0. The van der Waals surface area contributed by atoms with E-state index in [1.54, 1.807) is 6.92 Å². The third-order valence-electron chi connectivity index (χ3n) is 6.00.